The Bertz CT molecular complexity index is 170. The van der Waals surface area contributed by atoms with E-state index in [1.54, 1.807) is 0 Å². The number of amidine groups is 1. The summed E-state index contributed by atoms with van der Waals surface area (Å²) in [5.74, 6) is 1.11. The Morgan fingerprint density at radius 2 is 2.09 bits per heavy atom. The predicted molar refractivity (Wildman–Crippen MR) is 48.1 cm³/mol. The molecular weight excluding hydrogens is 138 g/mol. The van der Waals surface area contributed by atoms with Crippen LogP contribution in [0.25, 0.3) is 0 Å². The second kappa shape index (κ2) is 2.81. The molecule has 0 aromatic rings. The summed E-state index contributed by atoms with van der Waals surface area (Å²) in [6, 6.07) is 0. The third kappa shape index (κ3) is 1.53. The standard InChI is InChI=1S/C8H17N3/c1-8(2,11(3)4)7-9-5-6-10-7/h5-6H2,1-4H3,(H,9,10). The van der Waals surface area contributed by atoms with E-state index >= 15 is 0 Å². The quantitative estimate of drug-likeness (QED) is 0.622. The monoisotopic (exact) mass is 155 g/mol. The molecule has 0 aromatic heterocycles. The first-order valence-electron chi connectivity index (χ1n) is 4.01. The summed E-state index contributed by atoms with van der Waals surface area (Å²) >= 11 is 0. The van der Waals surface area contributed by atoms with Crippen LogP contribution >= 0.6 is 0 Å². The maximum absolute atomic E-state index is 4.39. The van der Waals surface area contributed by atoms with Crippen molar-refractivity contribution in [3.05, 3.63) is 0 Å². The molecule has 3 heteroatoms. The van der Waals surface area contributed by atoms with E-state index in [4.69, 9.17) is 0 Å². The highest BCUT2D eigenvalue weighted by Gasteiger charge is 2.28. The number of hydrogen-bond donors (Lipinski definition) is 1. The highest BCUT2D eigenvalue weighted by Crippen LogP contribution is 2.12. The molecule has 64 valence electrons. The molecule has 3 nitrogen and oxygen atoms in total. The summed E-state index contributed by atoms with van der Waals surface area (Å²) < 4.78 is 0. The minimum Gasteiger partial charge on any atom is -0.370 e. The largest absolute Gasteiger partial charge is 0.370 e. The van der Waals surface area contributed by atoms with Crippen LogP contribution in [0.4, 0.5) is 0 Å². The van der Waals surface area contributed by atoms with Crippen LogP contribution in [0, 0.1) is 0 Å². The van der Waals surface area contributed by atoms with E-state index in [1.807, 2.05) is 0 Å². The lowest BCUT2D eigenvalue weighted by Gasteiger charge is -2.32. The van der Waals surface area contributed by atoms with E-state index in [2.05, 4.69) is 43.2 Å². The predicted octanol–water partition coefficient (Wildman–Crippen LogP) is 0.328. The van der Waals surface area contributed by atoms with Gasteiger partial charge in [-0.3, -0.25) is 9.89 Å². The summed E-state index contributed by atoms with van der Waals surface area (Å²) in [5, 5.41) is 3.29. The van der Waals surface area contributed by atoms with Crippen LogP contribution in [0.3, 0.4) is 0 Å². The lowest BCUT2D eigenvalue weighted by Crippen LogP contribution is -2.50. The van der Waals surface area contributed by atoms with Crippen LogP contribution in [-0.2, 0) is 0 Å². The molecule has 0 amide bonds. The lowest BCUT2D eigenvalue weighted by molar-refractivity contribution is 0.270. The lowest BCUT2D eigenvalue weighted by atomic mass is 10.0. The normalized spacial score (nSPS) is 18.5. The summed E-state index contributed by atoms with van der Waals surface area (Å²) in [4.78, 5) is 6.56. The Morgan fingerprint density at radius 3 is 2.45 bits per heavy atom. The van der Waals surface area contributed by atoms with E-state index in [0.29, 0.717) is 0 Å². The van der Waals surface area contributed by atoms with Gasteiger partial charge in [-0.25, -0.2) is 0 Å². The Balaban J connectivity index is 2.70. The topological polar surface area (TPSA) is 27.6 Å². The zero-order valence-corrected chi connectivity index (χ0v) is 7.81. The van der Waals surface area contributed by atoms with E-state index < -0.39 is 0 Å². The zero-order chi connectivity index (χ0) is 8.48. The third-order valence-electron chi connectivity index (χ3n) is 2.37. The number of hydrogen-bond acceptors (Lipinski definition) is 3. The van der Waals surface area contributed by atoms with Crippen molar-refractivity contribution >= 4 is 5.84 Å². The molecule has 1 aliphatic rings. The highest BCUT2D eigenvalue weighted by atomic mass is 15.2. The van der Waals surface area contributed by atoms with Crippen LogP contribution in [0.15, 0.2) is 4.99 Å². The molecule has 0 fully saturated rings. The van der Waals surface area contributed by atoms with Gasteiger partial charge in [0, 0.05) is 6.54 Å². The van der Waals surface area contributed by atoms with Gasteiger partial charge in [-0.2, -0.15) is 0 Å². The maximum Gasteiger partial charge on any atom is 0.117 e. The van der Waals surface area contributed by atoms with Gasteiger partial charge in [0.15, 0.2) is 0 Å². The number of likely N-dealkylation sites (N-methyl/N-ethyl adjacent to an activating group) is 1. The molecule has 0 saturated heterocycles. The van der Waals surface area contributed by atoms with Crippen molar-refractivity contribution < 1.29 is 0 Å². The molecule has 0 bridgehead atoms. The fraction of sp³-hybridized carbons (Fsp3) is 0.875. The van der Waals surface area contributed by atoms with Crippen molar-refractivity contribution in [1.29, 1.82) is 0 Å². The van der Waals surface area contributed by atoms with Crippen LogP contribution in [-0.4, -0.2) is 43.5 Å². The number of nitrogens with zero attached hydrogens (tertiary/aromatic N) is 2. The van der Waals surface area contributed by atoms with Gasteiger partial charge in [-0.1, -0.05) is 0 Å². The Hall–Kier alpha value is -0.570. The van der Waals surface area contributed by atoms with Gasteiger partial charge in [0.2, 0.25) is 0 Å². The molecule has 1 aliphatic heterocycles. The van der Waals surface area contributed by atoms with E-state index in [-0.39, 0.29) is 5.54 Å². The van der Waals surface area contributed by atoms with Crippen molar-refractivity contribution in [2.75, 3.05) is 27.2 Å². The summed E-state index contributed by atoms with van der Waals surface area (Å²) in [5.41, 5.74) is 0.0521. The molecule has 0 spiro atoms. The maximum atomic E-state index is 4.39. The van der Waals surface area contributed by atoms with Gasteiger partial charge in [-0.05, 0) is 27.9 Å². The van der Waals surface area contributed by atoms with Gasteiger partial charge in [0.05, 0.1) is 12.1 Å². The van der Waals surface area contributed by atoms with E-state index in [9.17, 15) is 0 Å². The van der Waals surface area contributed by atoms with Crippen LogP contribution in [0.2, 0.25) is 0 Å². The van der Waals surface area contributed by atoms with Crippen molar-refractivity contribution in [3.63, 3.8) is 0 Å². The minimum absolute atomic E-state index is 0.0521. The fourth-order valence-corrected chi connectivity index (χ4v) is 1.02. The fourth-order valence-electron chi connectivity index (χ4n) is 1.02. The third-order valence-corrected chi connectivity index (χ3v) is 2.37. The van der Waals surface area contributed by atoms with Crippen molar-refractivity contribution in [2.45, 2.75) is 19.4 Å². The van der Waals surface area contributed by atoms with Gasteiger partial charge in [0.1, 0.15) is 5.84 Å². The Labute approximate surface area is 68.5 Å². The first-order chi connectivity index (χ1) is 5.05. The van der Waals surface area contributed by atoms with Crippen molar-refractivity contribution in [1.82, 2.24) is 10.2 Å². The second-order valence-corrected chi connectivity index (χ2v) is 3.61. The molecule has 1 rings (SSSR count). The highest BCUT2D eigenvalue weighted by molar-refractivity contribution is 5.91. The van der Waals surface area contributed by atoms with Crippen LogP contribution in [0.1, 0.15) is 13.8 Å². The van der Waals surface area contributed by atoms with Gasteiger partial charge < -0.3 is 5.32 Å². The van der Waals surface area contributed by atoms with Crippen LogP contribution in [0.5, 0.6) is 0 Å². The van der Waals surface area contributed by atoms with Crippen molar-refractivity contribution in [2.24, 2.45) is 4.99 Å². The number of rotatable bonds is 2. The summed E-state index contributed by atoms with van der Waals surface area (Å²) in [6.07, 6.45) is 0. The molecular formula is C8H17N3. The molecule has 0 aliphatic carbocycles. The summed E-state index contributed by atoms with van der Waals surface area (Å²) in [7, 11) is 4.14. The molecule has 1 N–H and O–H groups in total. The molecule has 1 heterocycles. The minimum atomic E-state index is 0.0521. The van der Waals surface area contributed by atoms with Gasteiger partial charge >= 0.3 is 0 Å². The number of nitrogens with one attached hydrogen (secondary N) is 1. The Morgan fingerprint density at radius 1 is 1.45 bits per heavy atom. The molecule has 11 heavy (non-hydrogen) atoms. The van der Waals surface area contributed by atoms with Crippen LogP contribution < -0.4 is 5.32 Å². The smallest absolute Gasteiger partial charge is 0.117 e. The average Bonchev–Trinajstić information content (AvgIpc) is 2.37. The second-order valence-electron chi connectivity index (χ2n) is 3.61. The molecule has 0 atom stereocenters. The van der Waals surface area contributed by atoms with E-state index in [0.717, 1.165) is 18.9 Å². The first-order valence-corrected chi connectivity index (χ1v) is 4.01. The number of aliphatic imine (C=N–C) groups is 1. The van der Waals surface area contributed by atoms with Gasteiger partial charge in [-0.15, -0.1) is 0 Å². The molecule has 0 aromatic carbocycles. The molecule has 0 unspecified atom stereocenters. The van der Waals surface area contributed by atoms with E-state index in [1.165, 1.54) is 0 Å². The molecule has 0 saturated carbocycles. The van der Waals surface area contributed by atoms with Crippen molar-refractivity contribution in [3.8, 4) is 0 Å². The molecule has 0 radical (unpaired) electrons. The van der Waals surface area contributed by atoms with Gasteiger partial charge in [0.25, 0.3) is 0 Å². The first kappa shape index (κ1) is 8.53. The SMILES string of the molecule is CN(C)C(C)(C)C1=NCCN1. The summed E-state index contributed by atoms with van der Waals surface area (Å²) in [6.45, 7) is 6.26. The average molecular weight is 155 g/mol. The zero-order valence-electron chi connectivity index (χ0n) is 7.81. The Kier molecular flexibility index (Phi) is 2.18.